The number of hydrogen-bond donors (Lipinski definition) is 1. The number of aromatic nitrogens is 1. The van der Waals surface area contributed by atoms with Crippen LogP contribution >= 0.6 is 11.6 Å². The molecule has 1 aromatic heterocycles. The molecule has 0 aliphatic carbocycles. The minimum absolute atomic E-state index is 0.164. The highest BCUT2D eigenvalue weighted by Crippen LogP contribution is 2.28. The van der Waals surface area contributed by atoms with Gasteiger partial charge in [0.25, 0.3) is 5.91 Å². The van der Waals surface area contributed by atoms with E-state index >= 15 is 0 Å². The van der Waals surface area contributed by atoms with Crippen molar-refractivity contribution in [3.05, 3.63) is 23.0 Å². The number of hydrogen-bond acceptors (Lipinski definition) is 4. The van der Waals surface area contributed by atoms with Crippen molar-refractivity contribution in [3.63, 3.8) is 0 Å². The van der Waals surface area contributed by atoms with Crippen LogP contribution in [0.2, 0.25) is 5.15 Å². The highest BCUT2D eigenvalue weighted by molar-refractivity contribution is 6.31. The van der Waals surface area contributed by atoms with Crippen LogP contribution in [0.1, 0.15) is 16.9 Å². The van der Waals surface area contributed by atoms with Crippen LogP contribution in [-0.2, 0) is 0 Å². The molecule has 0 saturated carbocycles. The number of ether oxygens (including phenoxy) is 1. The molecule has 3 atom stereocenters. The zero-order valence-corrected chi connectivity index (χ0v) is 11.5. The average molecular weight is 282 g/mol. The second-order valence-corrected chi connectivity index (χ2v) is 5.44. The molecule has 2 aliphatic rings. The van der Waals surface area contributed by atoms with Crippen molar-refractivity contribution >= 4 is 17.5 Å². The highest BCUT2D eigenvalue weighted by atomic mass is 35.5. The molecule has 102 valence electrons. The molecule has 2 bridgehead atoms. The Kier molecular flexibility index (Phi) is 3.33. The third-order valence-corrected chi connectivity index (χ3v) is 4.19. The first-order valence-corrected chi connectivity index (χ1v) is 6.79. The summed E-state index contributed by atoms with van der Waals surface area (Å²) in [6, 6.07) is 3.53. The molecule has 1 amide bonds. The van der Waals surface area contributed by atoms with E-state index in [1.54, 1.807) is 12.1 Å². The summed E-state index contributed by atoms with van der Waals surface area (Å²) in [5.74, 6) is 0.894. The summed E-state index contributed by atoms with van der Waals surface area (Å²) in [5.41, 5.74) is 0.337. The fraction of sp³-hybridized carbons (Fsp3) is 0.538. The summed E-state index contributed by atoms with van der Waals surface area (Å²) in [6.07, 6.45) is 1.17. The smallest absolute Gasteiger partial charge is 0.270 e. The van der Waals surface area contributed by atoms with Crippen LogP contribution in [0.15, 0.2) is 12.1 Å². The van der Waals surface area contributed by atoms with Crippen LogP contribution in [0.5, 0.6) is 5.75 Å². The van der Waals surface area contributed by atoms with E-state index in [2.05, 4.69) is 15.2 Å². The lowest BCUT2D eigenvalue weighted by molar-refractivity contribution is 0.0919. The first-order chi connectivity index (χ1) is 9.17. The molecular formula is C13H16ClN3O2. The molecule has 0 aromatic carbocycles. The number of carbonyl (C=O) groups is 1. The normalized spacial score (nSPS) is 28.4. The Balaban J connectivity index is 1.69. The van der Waals surface area contributed by atoms with Crippen molar-refractivity contribution in [3.8, 4) is 5.75 Å². The van der Waals surface area contributed by atoms with Gasteiger partial charge in [0, 0.05) is 19.1 Å². The van der Waals surface area contributed by atoms with E-state index in [4.69, 9.17) is 16.3 Å². The fourth-order valence-electron chi connectivity index (χ4n) is 2.89. The van der Waals surface area contributed by atoms with Gasteiger partial charge in [0.05, 0.1) is 7.11 Å². The Bertz CT molecular complexity index is 509. The van der Waals surface area contributed by atoms with Crippen molar-refractivity contribution in [1.82, 2.24) is 15.2 Å². The number of pyridine rings is 1. The number of nitrogens with zero attached hydrogens (tertiary/aromatic N) is 2. The summed E-state index contributed by atoms with van der Waals surface area (Å²) >= 11 is 5.93. The van der Waals surface area contributed by atoms with Crippen LogP contribution in [0.25, 0.3) is 0 Å². The molecule has 19 heavy (non-hydrogen) atoms. The van der Waals surface area contributed by atoms with Gasteiger partial charge in [-0.3, -0.25) is 4.79 Å². The van der Waals surface area contributed by atoms with Gasteiger partial charge < -0.3 is 15.0 Å². The van der Waals surface area contributed by atoms with Gasteiger partial charge in [-0.1, -0.05) is 11.6 Å². The summed E-state index contributed by atoms with van der Waals surface area (Å²) in [5, 5.41) is 3.26. The number of nitrogens with one attached hydrogen (secondary N) is 1. The van der Waals surface area contributed by atoms with Crippen molar-refractivity contribution in [2.45, 2.75) is 12.5 Å². The van der Waals surface area contributed by atoms with E-state index < -0.39 is 0 Å². The second-order valence-electron chi connectivity index (χ2n) is 5.08. The zero-order chi connectivity index (χ0) is 13.4. The van der Waals surface area contributed by atoms with Gasteiger partial charge in [-0.2, -0.15) is 0 Å². The van der Waals surface area contributed by atoms with Crippen molar-refractivity contribution in [2.24, 2.45) is 5.92 Å². The van der Waals surface area contributed by atoms with Crippen molar-refractivity contribution < 1.29 is 9.53 Å². The molecule has 0 spiro atoms. The first kappa shape index (κ1) is 12.7. The lowest BCUT2D eigenvalue weighted by atomic mass is 10.00. The maximum absolute atomic E-state index is 12.1. The topological polar surface area (TPSA) is 54.5 Å². The third-order valence-electron chi connectivity index (χ3n) is 3.92. The van der Waals surface area contributed by atoms with Crippen LogP contribution < -0.4 is 10.1 Å². The van der Waals surface area contributed by atoms with Crippen LogP contribution in [0.3, 0.4) is 0 Å². The average Bonchev–Trinajstić information content (AvgIpc) is 3.00. The Hall–Kier alpha value is -1.33. The van der Waals surface area contributed by atoms with Gasteiger partial charge in [-0.15, -0.1) is 0 Å². The molecule has 2 saturated heterocycles. The van der Waals surface area contributed by atoms with E-state index in [1.807, 2.05) is 0 Å². The van der Waals surface area contributed by atoms with E-state index in [9.17, 15) is 4.79 Å². The number of piperidine rings is 1. The van der Waals surface area contributed by atoms with Crippen LogP contribution in [0, 0.1) is 5.92 Å². The van der Waals surface area contributed by atoms with Crippen molar-refractivity contribution in [1.29, 1.82) is 0 Å². The standard InChI is InChI=1S/C13H16ClN3O2/c1-19-11-3-2-9(15-12(11)14)13(18)16-10-7-17-5-4-8(10)6-17/h2-3,8,10H,4-7H2,1H3,(H,16,18). The first-order valence-electron chi connectivity index (χ1n) is 6.41. The Morgan fingerprint density at radius 1 is 1.53 bits per heavy atom. The Labute approximate surface area is 116 Å². The molecule has 5 nitrogen and oxygen atoms in total. The molecule has 3 heterocycles. The van der Waals surface area contributed by atoms with Gasteiger partial charge in [-0.25, -0.2) is 4.98 Å². The molecule has 0 radical (unpaired) electrons. The Morgan fingerprint density at radius 3 is 2.95 bits per heavy atom. The summed E-state index contributed by atoms with van der Waals surface area (Å²) in [4.78, 5) is 18.6. The maximum Gasteiger partial charge on any atom is 0.270 e. The summed E-state index contributed by atoms with van der Waals surface area (Å²) in [7, 11) is 1.52. The quantitative estimate of drug-likeness (QED) is 0.846. The minimum atomic E-state index is -0.164. The Morgan fingerprint density at radius 2 is 2.37 bits per heavy atom. The lowest BCUT2D eigenvalue weighted by Crippen LogP contribution is -2.43. The monoisotopic (exact) mass is 281 g/mol. The predicted molar refractivity (Wildman–Crippen MR) is 71.6 cm³/mol. The molecule has 6 heteroatoms. The van der Waals surface area contributed by atoms with Crippen LogP contribution in [0.4, 0.5) is 0 Å². The maximum atomic E-state index is 12.1. The SMILES string of the molecule is COc1ccc(C(=O)NC2CN3CCC2C3)nc1Cl. The number of fused-ring (bicyclic) bond motifs is 2. The van der Waals surface area contributed by atoms with Gasteiger partial charge in [0.15, 0.2) is 10.9 Å². The minimum Gasteiger partial charge on any atom is -0.494 e. The lowest BCUT2D eigenvalue weighted by Gasteiger charge is -2.23. The molecule has 1 N–H and O–H groups in total. The van der Waals surface area contributed by atoms with Crippen molar-refractivity contribution in [2.75, 3.05) is 26.7 Å². The van der Waals surface area contributed by atoms with Gasteiger partial charge in [-0.05, 0) is 31.0 Å². The van der Waals surface area contributed by atoms with E-state index in [0.29, 0.717) is 17.4 Å². The number of carbonyl (C=O) groups excluding carboxylic acids is 1. The van der Waals surface area contributed by atoms with E-state index in [0.717, 1.165) is 19.6 Å². The number of amides is 1. The second kappa shape index (κ2) is 4.98. The molecule has 2 aliphatic heterocycles. The largest absolute Gasteiger partial charge is 0.494 e. The van der Waals surface area contributed by atoms with E-state index in [-0.39, 0.29) is 17.1 Å². The highest BCUT2D eigenvalue weighted by Gasteiger charge is 2.38. The zero-order valence-electron chi connectivity index (χ0n) is 10.7. The number of methoxy groups -OCH3 is 1. The van der Waals surface area contributed by atoms with Crippen LogP contribution in [-0.4, -0.2) is 48.6 Å². The van der Waals surface area contributed by atoms with Gasteiger partial charge >= 0.3 is 0 Å². The third kappa shape index (κ3) is 2.40. The number of rotatable bonds is 3. The molecule has 1 aromatic rings. The van der Waals surface area contributed by atoms with Gasteiger partial charge in [0.2, 0.25) is 0 Å². The summed E-state index contributed by atoms with van der Waals surface area (Å²) in [6.45, 7) is 3.20. The molecule has 3 rings (SSSR count). The molecule has 3 unspecified atom stereocenters. The van der Waals surface area contributed by atoms with E-state index in [1.165, 1.54) is 13.5 Å². The number of halogens is 1. The predicted octanol–water partition coefficient (Wildman–Crippen LogP) is 1.18. The fourth-order valence-corrected chi connectivity index (χ4v) is 3.12. The summed E-state index contributed by atoms with van der Waals surface area (Å²) < 4.78 is 5.02. The molecule has 2 fully saturated rings. The molecular weight excluding hydrogens is 266 g/mol. The van der Waals surface area contributed by atoms with Gasteiger partial charge in [0.1, 0.15) is 5.69 Å².